The summed E-state index contributed by atoms with van der Waals surface area (Å²) < 4.78 is 14.8. The molecule has 0 saturated carbocycles. The van der Waals surface area contributed by atoms with Gasteiger partial charge in [0.05, 0.1) is 16.8 Å². The molecule has 148 valence electrons. The fourth-order valence-electron chi connectivity index (χ4n) is 3.41. The van der Waals surface area contributed by atoms with E-state index in [1.807, 2.05) is 11.0 Å². The summed E-state index contributed by atoms with van der Waals surface area (Å²) in [5.41, 5.74) is 7.50. The van der Waals surface area contributed by atoms with Gasteiger partial charge in [-0.2, -0.15) is 4.39 Å². The smallest absolute Gasteiger partial charge is 0.207 e. The highest BCUT2D eigenvalue weighted by atomic mass is 35.5. The zero-order chi connectivity index (χ0) is 20.0. The second-order valence-electron chi connectivity index (χ2n) is 6.59. The Morgan fingerprint density at radius 1 is 1.14 bits per heavy atom. The van der Waals surface area contributed by atoms with Crippen LogP contribution >= 0.6 is 22.9 Å². The van der Waals surface area contributed by atoms with Gasteiger partial charge in [-0.05, 0) is 17.5 Å². The Bertz CT molecular complexity index is 1170. The summed E-state index contributed by atoms with van der Waals surface area (Å²) in [6.07, 6.45) is 3.12. The lowest BCUT2D eigenvalue weighted by Gasteiger charge is -2.36. The minimum Gasteiger partial charge on any atom is -0.381 e. The third kappa shape index (κ3) is 3.23. The molecule has 8 nitrogen and oxygen atoms in total. The first kappa shape index (κ1) is 18.1. The van der Waals surface area contributed by atoms with Crippen LogP contribution in [-0.2, 0) is 0 Å². The molecule has 29 heavy (non-hydrogen) atoms. The molecule has 0 aliphatic carbocycles. The van der Waals surface area contributed by atoms with Crippen LogP contribution in [0.15, 0.2) is 29.9 Å². The molecule has 4 aromatic heterocycles. The molecule has 0 spiro atoms. The second-order valence-corrected chi connectivity index (χ2v) is 7.90. The van der Waals surface area contributed by atoms with Crippen molar-refractivity contribution in [2.75, 3.05) is 41.7 Å². The number of nitrogens with two attached hydrogens (primary N) is 1. The standard InChI is InChI=1S/C18H16ClFN8S/c19-11-9-23-17-14(24-11)10(8-22-17)16-25-15(21)13(20)18(26-16)28-5-3-27(4-6-28)12-2-1-7-29-12/h1-2,7-9H,3-6H2,(H,22,23)(H2,21,25,26). The molecule has 0 unspecified atom stereocenters. The normalized spacial score (nSPS) is 14.7. The number of rotatable bonds is 3. The summed E-state index contributed by atoms with van der Waals surface area (Å²) >= 11 is 7.67. The molecule has 0 aromatic carbocycles. The Kier molecular flexibility index (Phi) is 4.44. The van der Waals surface area contributed by atoms with Crippen molar-refractivity contribution in [3.05, 3.63) is 40.9 Å². The van der Waals surface area contributed by atoms with Crippen LogP contribution in [0.1, 0.15) is 0 Å². The second kappa shape index (κ2) is 7.12. The third-order valence-electron chi connectivity index (χ3n) is 4.85. The fraction of sp³-hybridized carbons (Fsp3) is 0.222. The van der Waals surface area contributed by atoms with Gasteiger partial charge >= 0.3 is 0 Å². The van der Waals surface area contributed by atoms with Gasteiger partial charge in [0.15, 0.2) is 23.1 Å². The molecule has 1 fully saturated rings. The SMILES string of the molecule is Nc1nc(-c2c[nH]c3ncc(Cl)nc23)nc(N2CCN(c3cccs3)CC2)c1F. The summed E-state index contributed by atoms with van der Waals surface area (Å²) in [5.74, 6) is -0.331. The minimum atomic E-state index is -0.609. The molecule has 1 aliphatic heterocycles. The molecule has 0 radical (unpaired) electrons. The number of H-pyrrole nitrogens is 1. The van der Waals surface area contributed by atoms with Crippen LogP contribution in [0.4, 0.5) is 21.0 Å². The highest BCUT2D eigenvalue weighted by Gasteiger charge is 2.25. The lowest BCUT2D eigenvalue weighted by Crippen LogP contribution is -2.47. The van der Waals surface area contributed by atoms with Crippen molar-refractivity contribution in [2.45, 2.75) is 0 Å². The number of thiophene rings is 1. The average molecular weight is 431 g/mol. The molecule has 11 heteroatoms. The van der Waals surface area contributed by atoms with Gasteiger partial charge in [-0.1, -0.05) is 11.6 Å². The molecule has 0 bridgehead atoms. The Labute approximate surface area is 174 Å². The first-order chi connectivity index (χ1) is 14.1. The van der Waals surface area contributed by atoms with Gasteiger partial charge < -0.3 is 20.5 Å². The predicted molar refractivity (Wildman–Crippen MR) is 113 cm³/mol. The van der Waals surface area contributed by atoms with E-state index in [0.717, 1.165) is 13.1 Å². The maximum absolute atomic E-state index is 14.8. The number of aromatic amines is 1. The molecule has 4 aromatic rings. The van der Waals surface area contributed by atoms with Crippen LogP contribution < -0.4 is 15.5 Å². The summed E-state index contributed by atoms with van der Waals surface area (Å²) in [5, 5.41) is 3.51. The number of aromatic nitrogens is 5. The molecular weight excluding hydrogens is 415 g/mol. The highest BCUT2D eigenvalue weighted by molar-refractivity contribution is 7.14. The van der Waals surface area contributed by atoms with Gasteiger partial charge in [0, 0.05) is 32.4 Å². The van der Waals surface area contributed by atoms with Crippen molar-refractivity contribution in [3.8, 4) is 11.4 Å². The van der Waals surface area contributed by atoms with E-state index < -0.39 is 5.82 Å². The first-order valence-electron chi connectivity index (χ1n) is 8.96. The van der Waals surface area contributed by atoms with E-state index in [0.29, 0.717) is 29.8 Å². The highest BCUT2D eigenvalue weighted by Crippen LogP contribution is 2.30. The first-order valence-corrected chi connectivity index (χ1v) is 10.2. The minimum absolute atomic E-state index is 0.197. The van der Waals surface area contributed by atoms with Crippen LogP contribution in [-0.4, -0.2) is 51.1 Å². The van der Waals surface area contributed by atoms with E-state index in [4.69, 9.17) is 17.3 Å². The van der Waals surface area contributed by atoms with Crippen molar-refractivity contribution in [1.29, 1.82) is 0 Å². The fourth-order valence-corrected chi connectivity index (χ4v) is 4.33. The molecule has 0 atom stereocenters. The van der Waals surface area contributed by atoms with E-state index in [1.54, 1.807) is 17.5 Å². The van der Waals surface area contributed by atoms with Crippen LogP contribution in [0.2, 0.25) is 5.15 Å². The number of nitrogens with zero attached hydrogens (tertiary/aromatic N) is 6. The summed E-state index contributed by atoms with van der Waals surface area (Å²) in [6, 6.07) is 4.12. The number of hydrogen-bond donors (Lipinski definition) is 2. The van der Waals surface area contributed by atoms with Crippen LogP contribution in [0, 0.1) is 5.82 Å². The number of hydrogen-bond acceptors (Lipinski definition) is 8. The Balaban J connectivity index is 1.48. The summed E-state index contributed by atoms with van der Waals surface area (Å²) in [4.78, 5) is 24.3. The van der Waals surface area contributed by atoms with Gasteiger partial charge in [0.2, 0.25) is 5.82 Å². The Hall–Kier alpha value is -2.98. The lowest BCUT2D eigenvalue weighted by molar-refractivity contribution is 0.588. The van der Waals surface area contributed by atoms with E-state index in [-0.39, 0.29) is 22.6 Å². The monoisotopic (exact) mass is 430 g/mol. The van der Waals surface area contributed by atoms with E-state index in [9.17, 15) is 4.39 Å². The van der Waals surface area contributed by atoms with Gasteiger partial charge in [-0.3, -0.25) is 0 Å². The maximum Gasteiger partial charge on any atom is 0.207 e. The maximum atomic E-state index is 14.8. The van der Waals surface area contributed by atoms with Crippen molar-refractivity contribution in [2.24, 2.45) is 0 Å². The van der Waals surface area contributed by atoms with Crippen LogP contribution in [0.3, 0.4) is 0 Å². The van der Waals surface area contributed by atoms with Crippen molar-refractivity contribution in [1.82, 2.24) is 24.9 Å². The molecule has 5 rings (SSSR count). The van der Waals surface area contributed by atoms with E-state index >= 15 is 0 Å². The topological polar surface area (TPSA) is 99.8 Å². The van der Waals surface area contributed by atoms with Gasteiger partial charge in [-0.25, -0.2) is 19.9 Å². The Morgan fingerprint density at radius 3 is 2.69 bits per heavy atom. The van der Waals surface area contributed by atoms with Gasteiger partial charge in [0.25, 0.3) is 0 Å². The molecule has 1 aliphatic rings. The lowest BCUT2D eigenvalue weighted by atomic mass is 10.2. The van der Waals surface area contributed by atoms with Crippen molar-refractivity contribution < 1.29 is 4.39 Å². The predicted octanol–water partition coefficient (Wildman–Crippen LogP) is 3.18. The number of fused-ring (bicyclic) bond motifs is 1. The van der Waals surface area contributed by atoms with Gasteiger partial charge in [-0.15, -0.1) is 11.3 Å². The van der Waals surface area contributed by atoms with Crippen LogP contribution in [0.5, 0.6) is 0 Å². The number of anilines is 3. The zero-order valence-electron chi connectivity index (χ0n) is 15.1. The number of nitrogens with one attached hydrogen (secondary N) is 1. The Morgan fingerprint density at radius 2 is 1.93 bits per heavy atom. The molecule has 0 amide bonds. The molecule has 1 saturated heterocycles. The molecule has 5 heterocycles. The largest absolute Gasteiger partial charge is 0.381 e. The summed E-state index contributed by atoms with van der Waals surface area (Å²) in [6.45, 7) is 2.80. The van der Waals surface area contributed by atoms with Crippen molar-refractivity contribution in [3.63, 3.8) is 0 Å². The van der Waals surface area contributed by atoms with Crippen molar-refractivity contribution >= 4 is 50.7 Å². The molecule has 3 N–H and O–H groups in total. The number of halogens is 2. The van der Waals surface area contributed by atoms with Crippen LogP contribution in [0.25, 0.3) is 22.6 Å². The van der Waals surface area contributed by atoms with Gasteiger partial charge in [0.1, 0.15) is 10.7 Å². The molecular formula is C18H16ClFN8S. The number of nitrogen functional groups attached to an aromatic ring is 1. The average Bonchev–Trinajstić information content (AvgIpc) is 3.40. The quantitative estimate of drug-likeness (QED) is 0.514. The third-order valence-corrected chi connectivity index (χ3v) is 5.96. The van der Waals surface area contributed by atoms with E-state index in [1.165, 1.54) is 11.2 Å². The summed E-state index contributed by atoms with van der Waals surface area (Å²) in [7, 11) is 0. The van der Waals surface area contributed by atoms with E-state index in [2.05, 4.69) is 41.3 Å². The zero-order valence-corrected chi connectivity index (χ0v) is 16.7. The number of piperazine rings is 1.